The number of amides is 2. The van der Waals surface area contributed by atoms with Crippen LogP contribution in [0.15, 0.2) is 54.6 Å². The zero-order valence-corrected chi connectivity index (χ0v) is 14.1. The largest absolute Gasteiger partial charge is 0.368 e. The van der Waals surface area contributed by atoms with Crippen LogP contribution in [-0.2, 0) is 4.79 Å². The number of aryl methyl sites for hydroxylation is 2. The zero-order chi connectivity index (χ0) is 18.0. The van der Waals surface area contributed by atoms with Gasteiger partial charge in [0.1, 0.15) is 6.04 Å². The molecule has 1 aromatic heterocycles. The molecule has 0 aliphatic rings. The van der Waals surface area contributed by atoms with Gasteiger partial charge in [-0.25, -0.2) is 0 Å². The third-order valence-electron chi connectivity index (χ3n) is 4.10. The molecule has 0 saturated carbocycles. The number of primary amides is 1. The molecule has 2 amide bonds. The fourth-order valence-electron chi connectivity index (χ4n) is 2.80. The molecule has 2 aromatic carbocycles. The second-order valence-corrected chi connectivity index (χ2v) is 6.04. The summed E-state index contributed by atoms with van der Waals surface area (Å²) < 4.78 is 0. The number of fused-ring (bicyclic) bond motifs is 1. The molecule has 3 aromatic rings. The molecule has 0 fully saturated rings. The van der Waals surface area contributed by atoms with E-state index in [4.69, 9.17) is 5.73 Å². The minimum absolute atomic E-state index is 0.374. The van der Waals surface area contributed by atoms with Crippen LogP contribution < -0.4 is 11.1 Å². The van der Waals surface area contributed by atoms with E-state index in [1.165, 1.54) is 0 Å². The summed E-state index contributed by atoms with van der Waals surface area (Å²) in [5, 5.41) is 3.60. The van der Waals surface area contributed by atoms with Gasteiger partial charge in [0.15, 0.2) is 0 Å². The predicted octanol–water partition coefficient (Wildman–Crippen LogP) is 2.81. The third kappa shape index (κ3) is 3.50. The van der Waals surface area contributed by atoms with E-state index < -0.39 is 11.9 Å². The van der Waals surface area contributed by atoms with Crippen LogP contribution in [0, 0.1) is 13.8 Å². The maximum atomic E-state index is 12.7. The van der Waals surface area contributed by atoms with Gasteiger partial charge >= 0.3 is 0 Å². The minimum Gasteiger partial charge on any atom is -0.368 e. The molecule has 5 heteroatoms. The van der Waals surface area contributed by atoms with E-state index >= 15 is 0 Å². The Morgan fingerprint density at radius 3 is 2.44 bits per heavy atom. The highest BCUT2D eigenvalue weighted by molar-refractivity contribution is 6.01. The number of nitrogens with one attached hydrogen (secondary N) is 1. The van der Waals surface area contributed by atoms with Crippen molar-refractivity contribution in [3.63, 3.8) is 0 Å². The number of hydrogen-bond acceptors (Lipinski definition) is 3. The predicted molar refractivity (Wildman–Crippen MR) is 97.1 cm³/mol. The Morgan fingerprint density at radius 1 is 1.04 bits per heavy atom. The van der Waals surface area contributed by atoms with Crippen LogP contribution in [0.2, 0.25) is 0 Å². The van der Waals surface area contributed by atoms with Gasteiger partial charge in [-0.05, 0) is 37.6 Å². The fourth-order valence-corrected chi connectivity index (χ4v) is 2.80. The van der Waals surface area contributed by atoms with Gasteiger partial charge in [0.2, 0.25) is 5.91 Å². The molecule has 0 aliphatic heterocycles. The lowest BCUT2D eigenvalue weighted by molar-refractivity contribution is -0.120. The van der Waals surface area contributed by atoms with Gasteiger partial charge in [-0.2, -0.15) is 0 Å². The quantitative estimate of drug-likeness (QED) is 0.770. The maximum absolute atomic E-state index is 12.7. The Kier molecular flexibility index (Phi) is 4.48. The SMILES string of the molecule is Cc1ccc2nc(C)c(C(=O)N[C@H](C(N)=O)c3ccccc3)cc2c1. The highest BCUT2D eigenvalue weighted by Gasteiger charge is 2.22. The molecule has 126 valence electrons. The van der Waals surface area contributed by atoms with Crippen molar-refractivity contribution in [1.82, 2.24) is 10.3 Å². The highest BCUT2D eigenvalue weighted by atomic mass is 16.2. The Labute approximate surface area is 145 Å². The average Bonchev–Trinajstić information content (AvgIpc) is 2.59. The summed E-state index contributed by atoms with van der Waals surface area (Å²) in [6.07, 6.45) is 0. The molecular weight excluding hydrogens is 314 g/mol. The summed E-state index contributed by atoms with van der Waals surface area (Å²) in [6.45, 7) is 3.76. The number of hydrogen-bond donors (Lipinski definition) is 2. The summed E-state index contributed by atoms with van der Waals surface area (Å²) in [7, 11) is 0. The molecule has 0 spiro atoms. The van der Waals surface area contributed by atoms with Crippen molar-refractivity contribution in [2.24, 2.45) is 5.73 Å². The van der Waals surface area contributed by atoms with Crippen LogP contribution >= 0.6 is 0 Å². The van der Waals surface area contributed by atoms with Crippen molar-refractivity contribution in [2.75, 3.05) is 0 Å². The second kappa shape index (κ2) is 6.73. The minimum atomic E-state index is -0.888. The van der Waals surface area contributed by atoms with E-state index in [0.29, 0.717) is 16.8 Å². The Morgan fingerprint density at radius 2 is 1.76 bits per heavy atom. The number of carbonyl (C=O) groups excluding carboxylic acids is 2. The number of nitrogens with two attached hydrogens (primary N) is 1. The molecule has 5 nitrogen and oxygen atoms in total. The van der Waals surface area contributed by atoms with Crippen molar-refractivity contribution in [1.29, 1.82) is 0 Å². The second-order valence-electron chi connectivity index (χ2n) is 6.04. The molecule has 0 bridgehead atoms. The van der Waals surface area contributed by atoms with Gasteiger partial charge in [-0.1, -0.05) is 42.0 Å². The standard InChI is InChI=1S/C20H19N3O2/c1-12-8-9-17-15(10-12)11-16(13(2)22-17)20(25)23-18(19(21)24)14-6-4-3-5-7-14/h3-11,18H,1-2H3,(H2,21,24)(H,23,25)/t18-/m0/s1. The molecule has 0 saturated heterocycles. The van der Waals surface area contributed by atoms with Crippen molar-refractivity contribution >= 4 is 22.7 Å². The first-order chi connectivity index (χ1) is 12.0. The van der Waals surface area contributed by atoms with E-state index in [-0.39, 0.29) is 5.91 Å². The fraction of sp³-hybridized carbons (Fsp3) is 0.150. The first kappa shape index (κ1) is 16.6. The number of rotatable bonds is 4. The van der Waals surface area contributed by atoms with Gasteiger partial charge in [-0.3, -0.25) is 14.6 Å². The van der Waals surface area contributed by atoms with Crippen LogP contribution in [0.4, 0.5) is 0 Å². The molecule has 0 radical (unpaired) electrons. The smallest absolute Gasteiger partial charge is 0.254 e. The topological polar surface area (TPSA) is 85.1 Å². The average molecular weight is 333 g/mol. The van der Waals surface area contributed by atoms with Crippen molar-refractivity contribution in [2.45, 2.75) is 19.9 Å². The normalized spacial score (nSPS) is 11.9. The van der Waals surface area contributed by atoms with Crippen LogP contribution in [0.3, 0.4) is 0 Å². The number of nitrogens with zero attached hydrogens (tertiary/aromatic N) is 1. The highest BCUT2D eigenvalue weighted by Crippen LogP contribution is 2.19. The van der Waals surface area contributed by atoms with Gasteiger partial charge in [0.25, 0.3) is 5.91 Å². The molecule has 0 aliphatic carbocycles. The van der Waals surface area contributed by atoms with Crippen molar-refractivity contribution in [3.8, 4) is 0 Å². The maximum Gasteiger partial charge on any atom is 0.254 e. The summed E-state index contributed by atoms with van der Waals surface area (Å²) in [5.74, 6) is -0.983. The van der Waals surface area contributed by atoms with E-state index in [0.717, 1.165) is 16.5 Å². The van der Waals surface area contributed by atoms with E-state index in [9.17, 15) is 9.59 Å². The molecule has 1 heterocycles. The van der Waals surface area contributed by atoms with Crippen LogP contribution in [0.25, 0.3) is 10.9 Å². The molecular formula is C20H19N3O2. The lowest BCUT2D eigenvalue weighted by Gasteiger charge is -2.17. The lowest BCUT2D eigenvalue weighted by Crippen LogP contribution is -2.37. The molecule has 1 atom stereocenters. The van der Waals surface area contributed by atoms with Crippen molar-refractivity contribution < 1.29 is 9.59 Å². The van der Waals surface area contributed by atoms with E-state index in [2.05, 4.69) is 10.3 Å². The van der Waals surface area contributed by atoms with E-state index in [1.807, 2.05) is 31.2 Å². The summed E-state index contributed by atoms with van der Waals surface area (Å²) in [6, 6.07) is 15.7. The van der Waals surface area contributed by atoms with Crippen LogP contribution in [0.5, 0.6) is 0 Å². The molecule has 25 heavy (non-hydrogen) atoms. The summed E-state index contributed by atoms with van der Waals surface area (Å²) in [5.41, 5.74) is 9.07. The van der Waals surface area contributed by atoms with Gasteiger partial charge in [0.05, 0.1) is 16.8 Å². The first-order valence-corrected chi connectivity index (χ1v) is 7.99. The number of benzene rings is 2. The van der Waals surface area contributed by atoms with E-state index in [1.54, 1.807) is 37.3 Å². The first-order valence-electron chi connectivity index (χ1n) is 7.99. The third-order valence-corrected chi connectivity index (χ3v) is 4.10. The Hall–Kier alpha value is -3.21. The molecule has 3 N–H and O–H groups in total. The number of pyridine rings is 1. The van der Waals surface area contributed by atoms with Gasteiger partial charge in [-0.15, -0.1) is 0 Å². The Balaban J connectivity index is 1.95. The number of carbonyl (C=O) groups is 2. The molecule has 3 rings (SSSR count). The van der Waals surface area contributed by atoms with Gasteiger partial charge in [0, 0.05) is 5.39 Å². The molecule has 0 unspecified atom stereocenters. The summed E-state index contributed by atoms with van der Waals surface area (Å²) >= 11 is 0. The van der Waals surface area contributed by atoms with Crippen LogP contribution in [-0.4, -0.2) is 16.8 Å². The zero-order valence-electron chi connectivity index (χ0n) is 14.1. The lowest BCUT2D eigenvalue weighted by atomic mass is 10.0. The van der Waals surface area contributed by atoms with Crippen LogP contribution in [0.1, 0.15) is 33.2 Å². The Bertz CT molecular complexity index is 952. The van der Waals surface area contributed by atoms with Crippen molar-refractivity contribution in [3.05, 3.63) is 77.0 Å². The monoisotopic (exact) mass is 333 g/mol. The van der Waals surface area contributed by atoms with Gasteiger partial charge < -0.3 is 11.1 Å². The number of aromatic nitrogens is 1. The summed E-state index contributed by atoms with van der Waals surface area (Å²) in [4.78, 5) is 29.0.